The molecular weight excluding hydrogens is 216 g/mol. The molecule has 0 aliphatic heterocycles. The number of ether oxygens (including phenoxy) is 1. The fourth-order valence-electron chi connectivity index (χ4n) is 1.64. The molecule has 4 nitrogen and oxygen atoms in total. The second-order valence-corrected chi connectivity index (χ2v) is 4.16. The molecule has 0 aliphatic rings. The number of benzene rings is 1. The summed E-state index contributed by atoms with van der Waals surface area (Å²) in [6.45, 7) is 3.93. The van der Waals surface area contributed by atoms with Crippen molar-refractivity contribution in [3.63, 3.8) is 0 Å². The van der Waals surface area contributed by atoms with E-state index in [1.165, 1.54) is 11.3 Å². The average molecular weight is 238 g/mol. The molecule has 17 heavy (non-hydrogen) atoms. The Kier molecular flexibility index (Phi) is 5.80. The number of hydrogen-bond acceptors (Lipinski definition) is 4. The Morgan fingerprint density at radius 3 is 2.71 bits per heavy atom. The molecule has 1 rings (SSSR count). The zero-order valence-corrected chi connectivity index (χ0v) is 10.9. The first kappa shape index (κ1) is 13.8. The standard InChI is InChI=1S/C13H22N2O2/c1-11-4-5-12(10-13(11)15(2)3)14-6-8-17-9-7-16/h4-5,10,14,16H,6-9H2,1-3H3. The Hall–Kier alpha value is -1.26. The minimum atomic E-state index is 0.0787. The molecular formula is C13H22N2O2. The molecule has 0 saturated heterocycles. The fraction of sp³-hybridized carbons (Fsp3) is 0.538. The minimum Gasteiger partial charge on any atom is -0.394 e. The second-order valence-electron chi connectivity index (χ2n) is 4.16. The number of anilines is 2. The van der Waals surface area contributed by atoms with Crippen LogP contribution in [0.25, 0.3) is 0 Å². The lowest BCUT2D eigenvalue weighted by Crippen LogP contribution is -2.13. The summed E-state index contributed by atoms with van der Waals surface area (Å²) in [5, 5.41) is 11.9. The monoisotopic (exact) mass is 238 g/mol. The first-order valence-electron chi connectivity index (χ1n) is 5.85. The summed E-state index contributed by atoms with van der Waals surface area (Å²) in [5.74, 6) is 0. The Morgan fingerprint density at radius 1 is 1.29 bits per heavy atom. The molecule has 1 aromatic rings. The van der Waals surface area contributed by atoms with Gasteiger partial charge in [-0.25, -0.2) is 0 Å². The average Bonchev–Trinajstić information content (AvgIpc) is 2.30. The Bertz CT molecular complexity index is 340. The van der Waals surface area contributed by atoms with E-state index in [0.717, 1.165) is 12.2 Å². The summed E-state index contributed by atoms with van der Waals surface area (Å²) < 4.78 is 5.18. The van der Waals surface area contributed by atoms with Gasteiger partial charge >= 0.3 is 0 Å². The van der Waals surface area contributed by atoms with Gasteiger partial charge in [-0.3, -0.25) is 0 Å². The molecule has 0 bridgehead atoms. The van der Waals surface area contributed by atoms with E-state index in [-0.39, 0.29) is 6.61 Å². The Balaban J connectivity index is 2.46. The lowest BCUT2D eigenvalue weighted by atomic mass is 10.1. The van der Waals surface area contributed by atoms with Gasteiger partial charge in [-0.15, -0.1) is 0 Å². The SMILES string of the molecule is Cc1ccc(NCCOCCO)cc1N(C)C. The number of aliphatic hydroxyl groups excluding tert-OH is 1. The molecule has 0 amide bonds. The Labute approximate surface area is 103 Å². The van der Waals surface area contributed by atoms with E-state index in [2.05, 4.69) is 35.3 Å². The topological polar surface area (TPSA) is 44.7 Å². The largest absolute Gasteiger partial charge is 0.394 e. The van der Waals surface area contributed by atoms with E-state index in [1.807, 2.05) is 14.1 Å². The van der Waals surface area contributed by atoms with E-state index in [1.54, 1.807) is 0 Å². The van der Waals surface area contributed by atoms with Crippen molar-refractivity contribution in [1.29, 1.82) is 0 Å². The molecule has 1 aromatic carbocycles. The van der Waals surface area contributed by atoms with Crippen molar-refractivity contribution in [3.8, 4) is 0 Å². The summed E-state index contributed by atoms with van der Waals surface area (Å²) in [7, 11) is 4.08. The molecule has 0 radical (unpaired) electrons. The van der Waals surface area contributed by atoms with Gasteiger partial charge in [0.25, 0.3) is 0 Å². The highest BCUT2D eigenvalue weighted by Gasteiger charge is 2.01. The van der Waals surface area contributed by atoms with E-state index >= 15 is 0 Å². The first-order chi connectivity index (χ1) is 8.15. The number of rotatable bonds is 7. The van der Waals surface area contributed by atoms with Crippen LogP contribution >= 0.6 is 0 Å². The fourth-order valence-corrected chi connectivity index (χ4v) is 1.64. The third-order valence-corrected chi connectivity index (χ3v) is 2.50. The van der Waals surface area contributed by atoms with Crippen molar-refractivity contribution in [2.45, 2.75) is 6.92 Å². The van der Waals surface area contributed by atoms with Crippen LogP contribution in [0.2, 0.25) is 0 Å². The summed E-state index contributed by atoms with van der Waals surface area (Å²) in [6, 6.07) is 6.29. The molecule has 4 heteroatoms. The molecule has 0 spiro atoms. The van der Waals surface area contributed by atoms with Crippen LogP contribution in [0.3, 0.4) is 0 Å². The van der Waals surface area contributed by atoms with Crippen LogP contribution in [0.1, 0.15) is 5.56 Å². The van der Waals surface area contributed by atoms with Gasteiger partial charge in [0.2, 0.25) is 0 Å². The van der Waals surface area contributed by atoms with Gasteiger partial charge < -0.3 is 20.1 Å². The highest BCUT2D eigenvalue weighted by molar-refractivity contribution is 5.61. The third kappa shape index (κ3) is 4.63. The third-order valence-electron chi connectivity index (χ3n) is 2.50. The normalized spacial score (nSPS) is 10.4. The van der Waals surface area contributed by atoms with Gasteiger partial charge in [-0.2, -0.15) is 0 Å². The van der Waals surface area contributed by atoms with E-state index in [9.17, 15) is 0 Å². The molecule has 0 aliphatic carbocycles. The maximum atomic E-state index is 8.56. The van der Waals surface area contributed by atoms with E-state index in [0.29, 0.717) is 13.2 Å². The number of aliphatic hydroxyl groups is 1. The highest BCUT2D eigenvalue weighted by Crippen LogP contribution is 2.22. The van der Waals surface area contributed by atoms with Gasteiger partial charge in [0.15, 0.2) is 0 Å². The van der Waals surface area contributed by atoms with Crippen LogP contribution in [0.4, 0.5) is 11.4 Å². The molecule has 0 fully saturated rings. The number of hydrogen-bond donors (Lipinski definition) is 2. The van der Waals surface area contributed by atoms with Crippen LogP contribution in [0, 0.1) is 6.92 Å². The maximum Gasteiger partial charge on any atom is 0.0698 e. The minimum absolute atomic E-state index is 0.0787. The molecule has 0 heterocycles. The number of nitrogens with zero attached hydrogens (tertiary/aromatic N) is 1. The van der Waals surface area contributed by atoms with Crippen LogP contribution in [-0.2, 0) is 4.74 Å². The summed E-state index contributed by atoms with van der Waals surface area (Å²) in [5.41, 5.74) is 3.57. The molecule has 0 atom stereocenters. The predicted octanol–water partition coefficient (Wildman–Crippen LogP) is 1.48. The zero-order valence-electron chi connectivity index (χ0n) is 10.9. The van der Waals surface area contributed by atoms with Crippen LogP contribution in [0.5, 0.6) is 0 Å². The summed E-state index contributed by atoms with van der Waals surface area (Å²) in [4.78, 5) is 2.10. The molecule has 96 valence electrons. The quantitative estimate of drug-likeness (QED) is 0.706. The predicted molar refractivity (Wildman–Crippen MR) is 71.9 cm³/mol. The second kappa shape index (κ2) is 7.14. The van der Waals surface area contributed by atoms with Crippen molar-refractivity contribution in [1.82, 2.24) is 0 Å². The maximum absolute atomic E-state index is 8.56. The number of aryl methyl sites for hydroxylation is 1. The van der Waals surface area contributed by atoms with Crippen molar-refractivity contribution in [3.05, 3.63) is 23.8 Å². The van der Waals surface area contributed by atoms with Gasteiger partial charge in [0, 0.05) is 32.0 Å². The van der Waals surface area contributed by atoms with Crippen LogP contribution in [0.15, 0.2) is 18.2 Å². The molecule has 0 unspecified atom stereocenters. The lowest BCUT2D eigenvalue weighted by Gasteiger charge is -2.17. The van der Waals surface area contributed by atoms with Crippen LogP contribution in [-0.4, -0.2) is 45.6 Å². The van der Waals surface area contributed by atoms with Crippen molar-refractivity contribution < 1.29 is 9.84 Å². The lowest BCUT2D eigenvalue weighted by molar-refractivity contribution is 0.0992. The summed E-state index contributed by atoms with van der Waals surface area (Å²) in [6.07, 6.45) is 0. The van der Waals surface area contributed by atoms with E-state index < -0.39 is 0 Å². The van der Waals surface area contributed by atoms with Gasteiger partial charge in [-0.1, -0.05) is 6.07 Å². The molecule has 2 N–H and O–H groups in total. The molecule has 0 aromatic heterocycles. The highest BCUT2D eigenvalue weighted by atomic mass is 16.5. The number of nitrogens with one attached hydrogen (secondary N) is 1. The van der Waals surface area contributed by atoms with Gasteiger partial charge in [-0.05, 0) is 24.6 Å². The van der Waals surface area contributed by atoms with Gasteiger partial charge in [0.1, 0.15) is 0 Å². The first-order valence-corrected chi connectivity index (χ1v) is 5.85. The van der Waals surface area contributed by atoms with Crippen molar-refractivity contribution >= 4 is 11.4 Å². The Morgan fingerprint density at radius 2 is 2.06 bits per heavy atom. The smallest absolute Gasteiger partial charge is 0.0698 e. The van der Waals surface area contributed by atoms with E-state index in [4.69, 9.17) is 9.84 Å². The summed E-state index contributed by atoms with van der Waals surface area (Å²) >= 11 is 0. The molecule has 0 saturated carbocycles. The zero-order chi connectivity index (χ0) is 12.7. The van der Waals surface area contributed by atoms with Crippen LogP contribution < -0.4 is 10.2 Å². The van der Waals surface area contributed by atoms with Crippen molar-refractivity contribution in [2.75, 3.05) is 50.7 Å². The van der Waals surface area contributed by atoms with Gasteiger partial charge in [0.05, 0.1) is 19.8 Å². The van der Waals surface area contributed by atoms with Crippen molar-refractivity contribution in [2.24, 2.45) is 0 Å².